The van der Waals surface area contributed by atoms with Gasteiger partial charge in [0.2, 0.25) is 0 Å². The lowest BCUT2D eigenvalue weighted by Gasteiger charge is -2.26. The van der Waals surface area contributed by atoms with Gasteiger partial charge in [-0.2, -0.15) is 0 Å². The number of carbonyl (C=O) groups excluding carboxylic acids is 2. The topological polar surface area (TPSA) is 76.1 Å². The first kappa shape index (κ1) is 26.8. The maximum atomic E-state index is 13.5. The molecule has 1 aliphatic rings. The first-order valence-corrected chi connectivity index (χ1v) is 13.3. The number of hydrogen-bond donors (Lipinski definition) is 1. The second-order valence-electron chi connectivity index (χ2n) is 9.76. The van der Waals surface area contributed by atoms with E-state index in [0.29, 0.717) is 41.5 Å². The highest BCUT2D eigenvalue weighted by atomic mass is 16.5. The normalized spacial score (nSPS) is 16.3. The molecule has 1 unspecified atom stereocenters. The smallest absolute Gasteiger partial charge is 0.300 e. The first-order chi connectivity index (χ1) is 19.4. The van der Waals surface area contributed by atoms with Gasteiger partial charge in [-0.1, -0.05) is 60.2 Å². The quantitative estimate of drug-likeness (QED) is 0.151. The summed E-state index contributed by atoms with van der Waals surface area (Å²) in [4.78, 5) is 28.4. The molecule has 1 N–H and O–H groups in total. The molecule has 202 valence electrons. The van der Waals surface area contributed by atoms with Crippen molar-refractivity contribution in [3.8, 4) is 11.5 Å². The number of nitrogens with zero attached hydrogens (tertiary/aromatic N) is 1. The van der Waals surface area contributed by atoms with E-state index in [1.807, 2.05) is 93.6 Å². The SMILES string of the molecule is CCOc1cccc(C2/C(=C(\O)c3ccc(OCc4ccccc4)c(C)c3)C(=O)C(=O)N2c2ccc(C)cc2)c1. The number of anilines is 1. The molecule has 0 radical (unpaired) electrons. The molecule has 0 aromatic heterocycles. The van der Waals surface area contributed by atoms with Crippen LogP contribution in [0.15, 0.2) is 103 Å². The highest BCUT2D eigenvalue weighted by Gasteiger charge is 2.47. The van der Waals surface area contributed by atoms with Crippen LogP contribution in [-0.2, 0) is 16.2 Å². The number of benzene rings is 4. The molecule has 4 aromatic carbocycles. The third-order valence-electron chi connectivity index (χ3n) is 6.93. The Morgan fingerprint density at radius 2 is 1.60 bits per heavy atom. The van der Waals surface area contributed by atoms with E-state index >= 15 is 0 Å². The van der Waals surface area contributed by atoms with Crippen LogP contribution in [0.25, 0.3) is 5.76 Å². The van der Waals surface area contributed by atoms with Crippen molar-refractivity contribution in [3.63, 3.8) is 0 Å². The van der Waals surface area contributed by atoms with Gasteiger partial charge in [0.25, 0.3) is 11.7 Å². The van der Waals surface area contributed by atoms with Crippen molar-refractivity contribution < 1.29 is 24.2 Å². The van der Waals surface area contributed by atoms with E-state index in [9.17, 15) is 14.7 Å². The molecule has 1 atom stereocenters. The average molecular weight is 534 g/mol. The molecule has 1 aliphatic heterocycles. The van der Waals surface area contributed by atoms with E-state index < -0.39 is 17.7 Å². The highest BCUT2D eigenvalue weighted by Crippen LogP contribution is 2.43. The van der Waals surface area contributed by atoms with Gasteiger partial charge in [0.1, 0.15) is 23.9 Å². The number of aryl methyl sites for hydroxylation is 2. The molecule has 4 aromatic rings. The molecule has 1 fully saturated rings. The third kappa shape index (κ3) is 5.34. The average Bonchev–Trinajstić information content (AvgIpc) is 3.23. The van der Waals surface area contributed by atoms with Gasteiger partial charge in [-0.25, -0.2) is 0 Å². The second-order valence-corrected chi connectivity index (χ2v) is 9.76. The van der Waals surface area contributed by atoms with Gasteiger partial charge in [-0.15, -0.1) is 0 Å². The van der Waals surface area contributed by atoms with Gasteiger partial charge in [-0.05, 0) is 79.9 Å². The molecule has 0 saturated carbocycles. The molecular formula is C34H31NO5. The number of aliphatic hydroxyl groups is 1. The lowest BCUT2D eigenvalue weighted by Crippen LogP contribution is -2.29. The summed E-state index contributed by atoms with van der Waals surface area (Å²) < 4.78 is 11.7. The summed E-state index contributed by atoms with van der Waals surface area (Å²) in [5.74, 6) is -0.395. The molecule has 0 bridgehead atoms. The molecule has 1 saturated heterocycles. The van der Waals surface area contributed by atoms with Crippen LogP contribution in [0, 0.1) is 13.8 Å². The highest BCUT2D eigenvalue weighted by molar-refractivity contribution is 6.51. The summed E-state index contributed by atoms with van der Waals surface area (Å²) in [5, 5.41) is 11.6. The zero-order chi connectivity index (χ0) is 28.2. The van der Waals surface area contributed by atoms with E-state index in [1.54, 1.807) is 24.3 Å². The molecule has 5 rings (SSSR count). The minimum Gasteiger partial charge on any atom is -0.507 e. The van der Waals surface area contributed by atoms with Crippen LogP contribution in [-0.4, -0.2) is 23.4 Å². The monoisotopic (exact) mass is 533 g/mol. The van der Waals surface area contributed by atoms with Gasteiger partial charge in [0.15, 0.2) is 0 Å². The Kier molecular flexibility index (Phi) is 7.69. The van der Waals surface area contributed by atoms with Crippen molar-refractivity contribution in [1.29, 1.82) is 0 Å². The number of ketones is 1. The van der Waals surface area contributed by atoms with Gasteiger partial charge >= 0.3 is 0 Å². The molecule has 0 spiro atoms. The Labute approximate surface area is 234 Å². The number of ether oxygens (including phenoxy) is 2. The predicted octanol–water partition coefficient (Wildman–Crippen LogP) is 6.91. The van der Waals surface area contributed by atoms with E-state index in [0.717, 1.165) is 16.7 Å². The zero-order valence-electron chi connectivity index (χ0n) is 22.8. The number of aliphatic hydroxyl groups excluding tert-OH is 1. The summed E-state index contributed by atoms with van der Waals surface area (Å²) in [6.07, 6.45) is 0. The summed E-state index contributed by atoms with van der Waals surface area (Å²) in [6.45, 7) is 6.60. The van der Waals surface area contributed by atoms with Crippen LogP contribution in [0.3, 0.4) is 0 Å². The van der Waals surface area contributed by atoms with Gasteiger partial charge in [0, 0.05) is 11.3 Å². The van der Waals surface area contributed by atoms with Crippen molar-refractivity contribution in [3.05, 3.63) is 130 Å². The number of hydrogen-bond acceptors (Lipinski definition) is 5. The standard InChI is InChI=1S/C34H31NO5/c1-4-39-28-12-8-11-25(20-28)31-30(33(37)34(38)35(31)27-16-13-22(2)14-17-27)32(36)26-15-18-29(23(3)19-26)40-21-24-9-6-5-7-10-24/h5-20,31,36H,4,21H2,1-3H3/b32-30+. The van der Waals surface area contributed by atoms with Crippen LogP contribution in [0.5, 0.6) is 11.5 Å². The molecule has 1 amide bonds. The fraction of sp³-hybridized carbons (Fsp3) is 0.176. The lowest BCUT2D eigenvalue weighted by molar-refractivity contribution is -0.132. The van der Waals surface area contributed by atoms with Crippen LogP contribution in [0.1, 0.15) is 40.8 Å². The minimum atomic E-state index is -0.836. The molecule has 6 nitrogen and oxygen atoms in total. The van der Waals surface area contributed by atoms with Crippen LogP contribution in [0.4, 0.5) is 5.69 Å². The summed E-state index contributed by atoms with van der Waals surface area (Å²) >= 11 is 0. The van der Waals surface area contributed by atoms with Crippen molar-refractivity contribution in [2.45, 2.75) is 33.4 Å². The second kappa shape index (κ2) is 11.5. The number of carbonyl (C=O) groups is 2. The van der Waals surface area contributed by atoms with E-state index in [1.165, 1.54) is 4.90 Å². The van der Waals surface area contributed by atoms with Crippen LogP contribution in [0.2, 0.25) is 0 Å². The van der Waals surface area contributed by atoms with Crippen molar-refractivity contribution in [2.75, 3.05) is 11.5 Å². The Morgan fingerprint density at radius 1 is 0.850 bits per heavy atom. The summed E-state index contributed by atoms with van der Waals surface area (Å²) in [5.41, 5.74) is 4.54. The maximum Gasteiger partial charge on any atom is 0.300 e. The van der Waals surface area contributed by atoms with Crippen molar-refractivity contribution in [2.24, 2.45) is 0 Å². The Hall–Kier alpha value is -4.84. The third-order valence-corrected chi connectivity index (χ3v) is 6.93. The fourth-order valence-electron chi connectivity index (χ4n) is 4.91. The maximum absolute atomic E-state index is 13.5. The first-order valence-electron chi connectivity index (χ1n) is 13.3. The number of Topliss-reactive ketones (excluding diaryl/α,β-unsaturated/α-hetero) is 1. The summed E-state index contributed by atoms with van der Waals surface area (Å²) in [7, 11) is 0. The van der Waals surface area contributed by atoms with Crippen molar-refractivity contribution in [1.82, 2.24) is 0 Å². The molecule has 6 heteroatoms. The Morgan fingerprint density at radius 3 is 2.30 bits per heavy atom. The van der Waals surface area contributed by atoms with E-state index in [4.69, 9.17) is 9.47 Å². The molecule has 0 aliphatic carbocycles. The number of rotatable bonds is 8. The van der Waals surface area contributed by atoms with Gasteiger partial charge in [0.05, 0.1) is 18.2 Å². The Bertz CT molecular complexity index is 1570. The van der Waals surface area contributed by atoms with Crippen LogP contribution >= 0.6 is 0 Å². The van der Waals surface area contributed by atoms with E-state index in [2.05, 4.69) is 0 Å². The summed E-state index contributed by atoms with van der Waals surface area (Å²) in [6, 6.07) is 28.9. The Balaban J connectivity index is 1.57. The van der Waals surface area contributed by atoms with Crippen molar-refractivity contribution >= 4 is 23.1 Å². The zero-order valence-corrected chi connectivity index (χ0v) is 22.8. The lowest BCUT2D eigenvalue weighted by atomic mass is 9.94. The van der Waals surface area contributed by atoms with E-state index in [-0.39, 0.29) is 11.3 Å². The largest absolute Gasteiger partial charge is 0.507 e. The fourth-order valence-corrected chi connectivity index (χ4v) is 4.91. The molecule has 40 heavy (non-hydrogen) atoms. The molecule has 1 heterocycles. The van der Waals surface area contributed by atoms with Gasteiger partial charge in [-0.3, -0.25) is 14.5 Å². The molecular weight excluding hydrogens is 502 g/mol. The predicted molar refractivity (Wildman–Crippen MR) is 156 cm³/mol. The minimum absolute atomic E-state index is 0.0246. The van der Waals surface area contributed by atoms with Gasteiger partial charge < -0.3 is 14.6 Å². The van der Waals surface area contributed by atoms with Crippen LogP contribution < -0.4 is 14.4 Å². The number of amides is 1.